The van der Waals surface area contributed by atoms with Gasteiger partial charge in [0.15, 0.2) is 0 Å². The standard InChI is InChI=1S/C55H60Br2N2O2.2C19H24N.2Ir/c1-28-21-46(34(7)32(5)30(28)3)54-38(11)36(9)44(40(13)58-54)17-15-19-60-52-26-48-42(24-50(52)56)23-43-25-51(57)53(27-49(43)48)61-20-16-18-45-37(10)39(12)55(59-41(45)14)47-22-29(2)31(4)33(6)35(47)8;2*1-10-9-18(15(6)12(3)11(10)2)19-16(7)13(4)14(5)17(8)20-19;;/h24-27H,15-20,23H2,1-14H3;2*1-8H3;;/q-2;2*-1;;. The largest absolute Gasteiger partial charge is 0.492 e. The summed E-state index contributed by atoms with van der Waals surface area (Å²) in [5.74, 6) is 1.74. The molecule has 0 N–H and O–H groups in total. The minimum atomic E-state index is 0. The van der Waals surface area contributed by atoms with Gasteiger partial charge in [-0.05, 0) is 252 Å². The molecule has 6 aromatic carbocycles. The van der Waals surface area contributed by atoms with Crippen molar-refractivity contribution in [1.29, 1.82) is 0 Å². The first-order valence-corrected chi connectivity index (χ1v) is 37.7. The van der Waals surface area contributed by atoms with Gasteiger partial charge in [-0.1, -0.05) is 155 Å². The van der Waals surface area contributed by atoms with Gasteiger partial charge in [0, 0.05) is 63.0 Å². The molecule has 0 amide bonds. The van der Waals surface area contributed by atoms with Crippen LogP contribution in [0.15, 0.2) is 33.2 Å². The van der Waals surface area contributed by atoms with Crippen LogP contribution in [0, 0.1) is 232 Å². The number of aromatic nitrogens is 4. The summed E-state index contributed by atoms with van der Waals surface area (Å²) in [6.07, 6.45) is 4.48. The van der Waals surface area contributed by atoms with E-state index < -0.39 is 0 Å². The summed E-state index contributed by atoms with van der Waals surface area (Å²) in [5.41, 5.74) is 54.5. The van der Waals surface area contributed by atoms with Gasteiger partial charge in [-0.15, -0.1) is 136 Å². The summed E-state index contributed by atoms with van der Waals surface area (Å²) in [5, 5.41) is 0. The number of rotatable bonds is 14. The second kappa shape index (κ2) is 34.1. The third-order valence-corrected chi connectivity index (χ3v) is 25.1. The number of aryl methyl sites for hydroxylation is 8. The summed E-state index contributed by atoms with van der Waals surface area (Å²) in [6.45, 7) is 66.4. The number of benzene rings is 6. The Morgan fingerprint density at radius 2 is 0.534 bits per heavy atom. The molecule has 10 aromatic rings. The zero-order valence-electron chi connectivity index (χ0n) is 67.3. The molecule has 0 fully saturated rings. The van der Waals surface area contributed by atoms with Crippen LogP contribution in [0.1, 0.15) is 203 Å². The molecule has 0 aliphatic heterocycles. The third kappa shape index (κ3) is 16.8. The third-order valence-electron chi connectivity index (χ3n) is 23.9. The average Bonchev–Trinajstić information content (AvgIpc) is 1.72. The number of hydrogen-bond acceptors (Lipinski definition) is 6. The van der Waals surface area contributed by atoms with Gasteiger partial charge >= 0.3 is 0 Å². The van der Waals surface area contributed by atoms with Crippen molar-refractivity contribution in [3.63, 3.8) is 0 Å². The Morgan fingerprint density at radius 3 is 0.806 bits per heavy atom. The van der Waals surface area contributed by atoms with Gasteiger partial charge in [-0.25, -0.2) is 0 Å². The fourth-order valence-corrected chi connectivity index (χ4v) is 15.6. The summed E-state index contributed by atoms with van der Waals surface area (Å²) in [6, 6.07) is 23.3. The zero-order valence-corrected chi connectivity index (χ0v) is 75.2. The van der Waals surface area contributed by atoms with Crippen LogP contribution in [0.4, 0.5) is 0 Å². The molecule has 11 rings (SSSR count). The summed E-state index contributed by atoms with van der Waals surface area (Å²) in [7, 11) is 0. The van der Waals surface area contributed by atoms with Crippen LogP contribution in [-0.4, -0.2) is 33.1 Å². The van der Waals surface area contributed by atoms with Crippen molar-refractivity contribution in [1.82, 2.24) is 19.9 Å². The van der Waals surface area contributed by atoms with Crippen LogP contribution in [0.2, 0.25) is 0 Å². The molecule has 0 saturated carbocycles. The van der Waals surface area contributed by atoms with Crippen molar-refractivity contribution in [3.05, 3.63) is 247 Å². The van der Waals surface area contributed by atoms with E-state index in [-0.39, 0.29) is 40.2 Å². The Bertz CT molecular complexity index is 4560. The summed E-state index contributed by atoms with van der Waals surface area (Å²) in [4.78, 5) is 20.0. The smallest absolute Gasteiger partial charge is 0.134 e. The van der Waals surface area contributed by atoms with Crippen LogP contribution < -0.4 is 9.47 Å². The van der Waals surface area contributed by atoms with E-state index in [2.05, 4.69) is 288 Å². The predicted molar refractivity (Wildman–Crippen MR) is 434 cm³/mol. The molecule has 10 heteroatoms. The number of halogens is 2. The molecule has 0 spiro atoms. The number of ether oxygens (including phenoxy) is 2. The van der Waals surface area contributed by atoms with Crippen LogP contribution >= 0.6 is 31.9 Å². The normalized spacial score (nSPS) is 11.3. The fraction of sp³-hybridized carbons (Fsp3) is 0.398. The molecule has 4 aromatic heterocycles. The molecular weight excluding hydrogens is 1750 g/mol. The Morgan fingerprint density at radius 1 is 0.291 bits per heavy atom. The summed E-state index contributed by atoms with van der Waals surface area (Å²) >= 11 is 7.66. The number of pyridine rings is 4. The molecule has 548 valence electrons. The monoisotopic (exact) mass is 1860 g/mol. The van der Waals surface area contributed by atoms with Gasteiger partial charge in [0.05, 0.1) is 22.2 Å². The summed E-state index contributed by atoms with van der Waals surface area (Å²) < 4.78 is 15.0. The van der Waals surface area contributed by atoms with Crippen LogP contribution in [-0.2, 0) is 59.5 Å². The molecule has 0 saturated heterocycles. The van der Waals surface area contributed by atoms with E-state index in [1.54, 1.807) is 0 Å². The fourth-order valence-electron chi connectivity index (χ4n) is 14.5. The van der Waals surface area contributed by atoms with Crippen molar-refractivity contribution in [3.8, 4) is 67.7 Å². The molecule has 4 heterocycles. The van der Waals surface area contributed by atoms with Gasteiger partial charge in [0.1, 0.15) is 11.5 Å². The van der Waals surface area contributed by atoms with E-state index in [0.717, 1.165) is 120 Å². The number of fused-ring (bicyclic) bond motifs is 3. The maximum absolute atomic E-state index is 6.49. The van der Waals surface area contributed by atoms with E-state index in [1.165, 1.54) is 178 Å². The molecule has 6 nitrogen and oxygen atoms in total. The van der Waals surface area contributed by atoms with Gasteiger partial charge in [-0.2, -0.15) is 0 Å². The first-order valence-electron chi connectivity index (χ1n) is 36.1. The molecule has 0 bridgehead atoms. The van der Waals surface area contributed by atoms with Gasteiger partial charge in [0.25, 0.3) is 0 Å². The maximum Gasteiger partial charge on any atom is 0.134 e. The molecule has 2 radical (unpaired) electrons. The quantitative estimate of drug-likeness (QED) is 0.0798. The molecule has 1 aliphatic carbocycles. The Hall–Kier alpha value is -6.22. The van der Waals surface area contributed by atoms with E-state index in [4.69, 9.17) is 29.4 Å². The average molecular weight is 1860 g/mol. The van der Waals surface area contributed by atoms with E-state index in [1.807, 2.05) is 0 Å². The van der Waals surface area contributed by atoms with Crippen LogP contribution in [0.3, 0.4) is 0 Å². The zero-order chi connectivity index (χ0) is 74.6. The SMILES string of the molecule is Cc1[c-]c(-c2nc(C)c(C)c(C)c2C)c(C)c(C)c1C.Cc1[c-]c(-c2nc(C)c(C)c(C)c2C)c(C)c(C)c1C.Cc1[c-]c(-c2nc(C)c(CCCOc3cc4c(cc3Br)Cc3cc(Br)c(OCCCc5c(C)nc(-c6[c-]c(C)c(C)c(C)c6C)c(C)c5C)cc3-4)c(C)c2C)c(C)c(C)c1C.[Ir].[Ir]. The minimum Gasteiger partial charge on any atom is -0.492 e. The van der Waals surface area contributed by atoms with Crippen molar-refractivity contribution in [2.75, 3.05) is 13.2 Å². The molecule has 0 atom stereocenters. The predicted octanol–water partition coefficient (Wildman–Crippen LogP) is 24.9. The maximum atomic E-state index is 6.49. The molecule has 103 heavy (non-hydrogen) atoms. The van der Waals surface area contributed by atoms with E-state index in [9.17, 15) is 0 Å². The van der Waals surface area contributed by atoms with Gasteiger partial charge in [0.2, 0.25) is 0 Å². The number of nitrogens with zero attached hydrogens (tertiary/aromatic N) is 4. The second-order valence-corrected chi connectivity index (χ2v) is 31.1. The minimum absolute atomic E-state index is 0. The first-order chi connectivity index (χ1) is 47.4. The van der Waals surface area contributed by atoms with Crippen molar-refractivity contribution >= 4 is 31.9 Å². The van der Waals surface area contributed by atoms with E-state index in [0.29, 0.717) is 13.2 Å². The molecule has 1 aliphatic rings. The topological polar surface area (TPSA) is 70.0 Å². The molecular formula is C93H108Br2Ir2N4O2-4. The van der Waals surface area contributed by atoms with Crippen LogP contribution in [0.5, 0.6) is 11.5 Å². The van der Waals surface area contributed by atoms with Gasteiger partial charge in [-0.3, -0.25) is 0 Å². The van der Waals surface area contributed by atoms with E-state index >= 15 is 0 Å². The number of hydrogen-bond donors (Lipinski definition) is 0. The van der Waals surface area contributed by atoms with Crippen molar-refractivity contribution in [2.24, 2.45) is 0 Å². The molecule has 0 unspecified atom stereocenters. The van der Waals surface area contributed by atoms with Crippen molar-refractivity contribution < 1.29 is 49.7 Å². The first kappa shape index (κ1) is 84.0. The van der Waals surface area contributed by atoms with Crippen molar-refractivity contribution in [2.45, 2.75) is 240 Å². The Balaban J connectivity index is 0.000000286. The second-order valence-electron chi connectivity index (χ2n) is 29.4. The van der Waals surface area contributed by atoms with Crippen LogP contribution in [0.25, 0.3) is 56.2 Å². The Kier molecular flexibility index (Phi) is 27.8. The Labute approximate surface area is 663 Å². The van der Waals surface area contributed by atoms with Gasteiger partial charge < -0.3 is 29.4 Å².